The Hall–Kier alpha value is -2.51. The van der Waals surface area contributed by atoms with E-state index in [9.17, 15) is 27.6 Å². The van der Waals surface area contributed by atoms with E-state index in [1.807, 2.05) is 6.92 Å². The van der Waals surface area contributed by atoms with Crippen LogP contribution in [0.15, 0.2) is 12.2 Å². The molecular formula is C35H56N6O6S. The molecule has 13 heteroatoms. The lowest BCUT2D eigenvalue weighted by atomic mass is 9.73. The second-order valence-corrected chi connectivity index (χ2v) is 18.0. The van der Waals surface area contributed by atoms with E-state index in [1.54, 1.807) is 11.8 Å². The number of amides is 4. The monoisotopic (exact) mass is 688 g/mol. The van der Waals surface area contributed by atoms with Crippen molar-refractivity contribution in [2.75, 3.05) is 19.6 Å². The Morgan fingerprint density at radius 3 is 2.12 bits per heavy atom. The van der Waals surface area contributed by atoms with Crippen LogP contribution in [0.3, 0.4) is 0 Å². The van der Waals surface area contributed by atoms with Gasteiger partial charge in [-0.05, 0) is 86.5 Å². The molecule has 12 nitrogen and oxygen atoms in total. The van der Waals surface area contributed by atoms with Gasteiger partial charge in [0.05, 0.1) is 6.04 Å². The zero-order valence-corrected chi connectivity index (χ0v) is 30.1. The standard InChI is InChI=1S/C35H56N6O6S/c1-6-24-19-35(24,31(45)39-48(46,47)40-17-10-11-18-40)38-28(42)25-20-34(32(4,5)33(34)15-12-16-33)21-41(25)30(44)27(22(2)3)37-29(43)26(36)23-13-8-7-9-14-23/h23-27H,2,6-21,36H2,1,3-5H3,(H,37,43)(H,38,42)(H,39,45)/t24-,25+,26+,27+,34-,35-/m1/s1. The summed E-state index contributed by atoms with van der Waals surface area (Å²) in [5.74, 6) is -2.16. The molecule has 2 aliphatic heterocycles. The highest BCUT2D eigenvalue weighted by molar-refractivity contribution is 7.87. The molecule has 5 N–H and O–H groups in total. The van der Waals surface area contributed by atoms with Crippen molar-refractivity contribution >= 4 is 33.8 Å². The summed E-state index contributed by atoms with van der Waals surface area (Å²) in [5, 5.41) is 5.87. The molecule has 4 saturated carbocycles. The van der Waals surface area contributed by atoms with Gasteiger partial charge in [0.25, 0.3) is 5.91 Å². The molecule has 0 aromatic heterocycles. The molecule has 48 heavy (non-hydrogen) atoms. The van der Waals surface area contributed by atoms with Crippen molar-refractivity contribution in [2.45, 2.75) is 135 Å². The Balaban J connectivity index is 1.24. The number of carbonyl (C=O) groups is 4. The summed E-state index contributed by atoms with van der Waals surface area (Å²) in [6.45, 7) is 13.2. The zero-order chi connectivity index (χ0) is 34.9. The van der Waals surface area contributed by atoms with Crippen LogP contribution in [0.1, 0.15) is 111 Å². The lowest BCUT2D eigenvalue weighted by molar-refractivity contribution is -0.142. The number of nitrogens with two attached hydrogens (primary N) is 1. The maximum atomic E-state index is 14.5. The van der Waals surface area contributed by atoms with Gasteiger partial charge in [0.2, 0.25) is 17.7 Å². The lowest BCUT2D eigenvalue weighted by Gasteiger charge is -2.33. The highest BCUT2D eigenvalue weighted by Crippen LogP contribution is 2.88. The first kappa shape index (κ1) is 35.3. The maximum absolute atomic E-state index is 14.5. The van der Waals surface area contributed by atoms with Gasteiger partial charge in [-0.15, -0.1) is 0 Å². The molecule has 6 atom stereocenters. The summed E-state index contributed by atoms with van der Waals surface area (Å²) in [6, 6.07) is -2.68. The fourth-order valence-corrected chi connectivity index (χ4v) is 11.7. The molecule has 0 radical (unpaired) electrons. The Morgan fingerprint density at radius 1 is 0.958 bits per heavy atom. The first-order valence-electron chi connectivity index (χ1n) is 18.2. The van der Waals surface area contributed by atoms with Crippen molar-refractivity contribution < 1.29 is 27.6 Å². The van der Waals surface area contributed by atoms with Gasteiger partial charge < -0.3 is 21.3 Å². The fraction of sp³-hybridized carbons (Fsp3) is 0.829. The largest absolute Gasteiger partial charge is 0.340 e. The summed E-state index contributed by atoms with van der Waals surface area (Å²) in [4.78, 5) is 57.6. The van der Waals surface area contributed by atoms with Crippen molar-refractivity contribution in [3.8, 4) is 0 Å². The molecule has 268 valence electrons. The van der Waals surface area contributed by atoms with Gasteiger partial charge >= 0.3 is 10.2 Å². The van der Waals surface area contributed by atoms with E-state index < -0.39 is 51.6 Å². The second-order valence-electron chi connectivity index (χ2n) is 16.4. The van der Waals surface area contributed by atoms with Crippen LogP contribution in [0.25, 0.3) is 0 Å². The lowest BCUT2D eigenvalue weighted by Crippen LogP contribution is -2.60. The minimum atomic E-state index is -4.04. The van der Waals surface area contributed by atoms with Crippen molar-refractivity contribution in [1.82, 2.24) is 24.6 Å². The number of fused-ring (bicyclic) bond motifs is 1. The van der Waals surface area contributed by atoms with Gasteiger partial charge in [-0.2, -0.15) is 12.7 Å². The van der Waals surface area contributed by atoms with Gasteiger partial charge in [0.1, 0.15) is 17.6 Å². The third kappa shape index (κ3) is 5.41. The molecule has 0 aromatic carbocycles. The number of nitrogens with zero attached hydrogens (tertiary/aromatic N) is 2. The second kappa shape index (κ2) is 12.4. The summed E-state index contributed by atoms with van der Waals surface area (Å²) < 4.78 is 29.6. The van der Waals surface area contributed by atoms with Gasteiger partial charge in [-0.1, -0.05) is 59.5 Å². The fourth-order valence-electron chi connectivity index (χ4n) is 10.4. The molecule has 0 unspecified atom stereocenters. The average Bonchev–Trinajstić information content (AvgIpc) is 3.50. The smallest absolute Gasteiger partial charge is 0.303 e. The number of likely N-dealkylation sites (tertiary alicyclic amines) is 1. The summed E-state index contributed by atoms with van der Waals surface area (Å²) >= 11 is 0. The topological polar surface area (TPSA) is 171 Å². The zero-order valence-electron chi connectivity index (χ0n) is 29.2. The van der Waals surface area contributed by atoms with E-state index in [4.69, 9.17) is 5.73 Å². The molecule has 0 bridgehead atoms. The third-order valence-electron chi connectivity index (χ3n) is 13.9. The van der Waals surface area contributed by atoms with E-state index >= 15 is 0 Å². The van der Waals surface area contributed by atoms with Crippen LogP contribution < -0.4 is 21.1 Å². The van der Waals surface area contributed by atoms with Gasteiger partial charge in [-0.3, -0.25) is 19.2 Å². The Kier molecular flexibility index (Phi) is 9.10. The molecule has 2 saturated heterocycles. The minimum absolute atomic E-state index is 0.0310. The molecule has 6 fully saturated rings. The van der Waals surface area contributed by atoms with Crippen LogP contribution >= 0.6 is 0 Å². The van der Waals surface area contributed by atoms with E-state index in [1.165, 1.54) is 4.31 Å². The van der Waals surface area contributed by atoms with Crippen LogP contribution in [-0.4, -0.2) is 84.6 Å². The molecule has 6 rings (SSSR count). The molecule has 0 aromatic rings. The average molecular weight is 689 g/mol. The van der Waals surface area contributed by atoms with E-state index in [2.05, 4.69) is 35.8 Å². The third-order valence-corrected chi connectivity index (χ3v) is 15.3. The van der Waals surface area contributed by atoms with Gasteiger partial charge in [-0.25, -0.2) is 4.72 Å². The molecule has 2 spiro atoms. The summed E-state index contributed by atoms with van der Waals surface area (Å²) in [5.41, 5.74) is 5.16. The van der Waals surface area contributed by atoms with Crippen LogP contribution in [-0.2, 0) is 29.4 Å². The van der Waals surface area contributed by atoms with E-state index in [0.717, 1.165) is 64.2 Å². The van der Waals surface area contributed by atoms with Crippen LogP contribution in [0.2, 0.25) is 0 Å². The van der Waals surface area contributed by atoms with Crippen LogP contribution in [0, 0.1) is 28.1 Å². The van der Waals surface area contributed by atoms with Crippen molar-refractivity contribution in [2.24, 2.45) is 33.8 Å². The SMILES string of the molecule is C=C(C)[C@H](NC(=O)[C@@H](N)C1CCCCC1)C(=O)N1C[C@]2(C[C@H]1C(=O)N[C@]1(C(=O)NS(=O)(=O)N3CCCC3)C[C@H]1CC)C(C)(C)C21CCC1. The highest BCUT2D eigenvalue weighted by atomic mass is 32.2. The number of rotatable bonds is 11. The maximum Gasteiger partial charge on any atom is 0.303 e. The Labute approximate surface area is 285 Å². The Morgan fingerprint density at radius 2 is 1.60 bits per heavy atom. The van der Waals surface area contributed by atoms with Crippen molar-refractivity contribution in [1.29, 1.82) is 0 Å². The number of hydrogen-bond acceptors (Lipinski definition) is 7. The minimum Gasteiger partial charge on any atom is -0.340 e. The van der Waals surface area contributed by atoms with E-state index in [-0.39, 0.29) is 34.0 Å². The number of carbonyl (C=O) groups excluding carboxylic acids is 4. The predicted octanol–water partition coefficient (Wildman–Crippen LogP) is 2.49. The van der Waals surface area contributed by atoms with Gasteiger partial charge in [0, 0.05) is 25.0 Å². The molecule has 2 heterocycles. The van der Waals surface area contributed by atoms with Crippen molar-refractivity contribution in [3.05, 3.63) is 12.2 Å². The first-order chi connectivity index (χ1) is 22.6. The number of nitrogens with one attached hydrogen (secondary N) is 3. The molecule has 4 amide bonds. The predicted molar refractivity (Wildman–Crippen MR) is 181 cm³/mol. The highest BCUT2D eigenvalue weighted by Gasteiger charge is 2.85. The van der Waals surface area contributed by atoms with Crippen LogP contribution in [0.5, 0.6) is 0 Å². The molecule has 4 aliphatic carbocycles. The van der Waals surface area contributed by atoms with E-state index in [0.29, 0.717) is 44.5 Å². The molecule has 6 aliphatic rings. The molecular weight excluding hydrogens is 632 g/mol. The summed E-state index contributed by atoms with van der Waals surface area (Å²) in [6.07, 6.45) is 10.9. The summed E-state index contributed by atoms with van der Waals surface area (Å²) in [7, 11) is -4.04. The normalized spacial score (nSPS) is 33.5. The van der Waals surface area contributed by atoms with Crippen LogP contribution in [0.4, 0.5) is 0 Å². The van der Waals surface area contributed by atoms with Gasteiger partial charge in [0.15, 0.2) is 0 Å². The van der Waals surface area contributed by atoms with Crippen molar-refractivity contribution in [3.63, 3.8) is 0 Å². The number of hydrogen-bond donors (Lipinski definition) is 4. The Bertz CT molecular complexity index is 1460. The quantitative estimate of drug-likeness (QED) is 0.242. The first-order valence-corrected chi connectivity index (χ1v) is 19.7.